The Balaban J connectivity index is 1.79. The Morgan fingerprint density at radius 3 is 2.62 bits per heavy atom. The van der Waals surface area contributed by atoms with Crippen LogP contribution in [0, 0.1) is 0 Å². The largest absolute Gasteiger partial charge is 0.287 e. The molecule has 3 heterocycles. The van der Waals surface area contributed by atoms with Gasteiger partial charge in [-0.3, -0.25) is 10.00 Å². The van der Waals surface area contributed by atoms with Crippen molar-refractivity contribution in [3.8, 4) is 0 Å². The van der Waals surface area contributed by atoms with Crippen LogP contribution in [0.3, 0.4) is 0 Å². The molecule has 2 saturated heterocycles. The third-order valence-electron chi connectivity index (χ3n) is 4.56. The first-order valence-electron chi connectivity index (χ1n) is 7.62. The maximum absolute atomic E-state index is 12.2. The Bertz CT molecular complexity index is 553. The number of sulfonamides is 1. The maximum Gasteiger partial charge on any atom is 0.212 e. The van der Waals surface area contributed by atoms with Gasteiger partial charge < -0.3 is 0 Å². The molecule has 1 aromatic heterocycles. The third kappa shape index (κ3) is 3.27. The predicted molar refractivity (Wildman–Crippen MR) is 79.1 cm³/mol. The van der Waals surface area contributed by atoms with E-state index < -0.39 is 10.0 Å². The van der Waals surface area contributed by atoms with Gasteiger partial charge in [0.25, 0.3) is 0 Å². The van der Waals surface area contributed by atoms with Crippen LogP contribution in [0.5, 0.6) is 0 Å². The average molecular weight is 313 g/mol. The van der Waals surface area contributed by atoms with E-state index in [2.05, 4.69) is 20.1 Å². The lowest BCUT2D eigenvalue weighted by Crippen LogP contribution is -2.55. The highest BCUT2D eigenvalue weighted by atomic mass is 32.2. The van der Waals surface area contributed by atoms with Crippen LogP contribution in [0.15, 0.2) is 6.33 Å². The molecule has 3 rings (SSSR count). The highest BCUT2D eigenvalue weighted by Crippen LogP contribution is 2.32. The van der Waals surface area contributed by atoms with Crippen molar-refractivity contribution < 1.29 is 8.42 Å². The second kappa shape index (κ2) is 6.02. The van der Waals surface area contributed by atoms with E-state index in [1.165, 1.54) is 31.8 Å². The quantitative estimate of drug-likeness (QED) is 0.890. The van der Waals surface area contributed by atoms with E-state index in [0.717, 1.165) is 31.8 Å². The summed E-state index contributed by atoms with van der Waals surface area (Å²) in [6.07, 6.45) is 8.20. The van der Waals surface area contributed by atoms with Gasteiger partial charge in [0.15, 0.2) is 0 Å². The second-order valence-corrected chi connectivity index (χ2v) is 7.99. The summed E-state index contributed by atoms with van der Waals surface area (Å²) in [5, 5.41) is 6.76. The summed E-state index contributed by atoms with van der Waals surface area (Å²) in [4.78, 5) is 6.53. The van der Waals surface area contributed by atoms with Crippen molar-refractivity contribution in [2.24, 2.45) is 0 Å². The number of H-pyrrole nitrogens is 1. The molecular weight excluding hydrogens is 290 g/mol. The number of nitrogens with one attached hydrogen (secondary N) is 1. The Hall–Kier alpha value is -0.990. The molecule has 0 saturated carbocycles. The van der Waals surface area contributed by atoms with Crippen LogP contribution in [-0.4, -0.2) is 64.9 Å². The molecule has 2 unspecified atom stereocenters. The predicted octanol–water partition coefficient (Wildman–Crippen LogP) is 0.756. The van der Waals surface area contributed by atoms with Gasteiger partial charge in [-0.2, -0.15) is 9.40 Å². The van der Waals surface area contributed by atoms with E-state index in [0.29, 0.717) is 6.54 Å². The number of hydrogen-bond acceptors (Lipinski definition) is 5. The Morgan fingerprint density at radius 2 is 2.00 bits per heavy atom. The normalized spacial score (nSPS) is 29.6. The molecule has 1 N–H and O–H groups in total. The molecular formula is C13H23N5O2S. The van der Waals surface area contributed by atoms with Crippen molar-refractivity contribution in [3.05, 3.63) is 12.2 Å². The van der Waals surface area contributed by atoms with E-state index in [1.54, 1.807) is 4.31 Å². The smallest absolute Gasteiger partial charge is 0.212 e. The average Bonchev–Trinajstić information content (AvgIpc) is 3.01. The van der Waals surface area contributed by atoms with E-state index in [4.69, 9.17) is 0 Å². The van der Waals surface area contributed by atoms with Crippen LogP contribution in [0.25, 0.3) is 0 Å². The third-order valence-corrected chi connectivity index (χ3v) is 5.81. The summed E-state index contributed by atoms with van der Waals surface area (Å²) >= 11 is 0. The highest BCUT2D eigenvalue weighted by molar-refractivity contribution is 7.88. The van der Waals surface area contributed by atoms with Crippen LogP contribution in [-0.2, 0) is 10.0 Å². The number of aromatic nitrogens is 3. The Labute approximate surface area is 125 Å². The number of rotatable bonds is 3. The fraction of sp³-hybridized carbons (Fsp3) is 0.846. The van der Waals surface area contributed by atoms with Gasteiger partial charge in [0.05, 0.1) is 12.4 Å². The number of aromatic amines is 1. The molecule has 2 fully saturated rings. The topological polar surface area (TPSA) is 82.2 Å². The first-order valence-corrected chi connectivity index (χ1v) is 9.46. The standard InChI is InChI=1S/C13H23N5O2S/c1-21(19,20)18-9-11(13-14-10-15-16-13)5-6-12(18)17-7-3-2-4-8-17/h10-12H,2-9H2,1H3,(H,14,15,16). The minimum Gasteiger partial charge on any atom is -0.287 e. The molecule has 0 amide bonds. The molecule has 7 nitrogen and oxygen atoms in total. The van der Waals surface area contributed by atoms with Gasteiger partial charge in [0.2, 0.25) is 10.0 Å². The number of piperidine rings is 2. The highest BCUT2D eigenvalue weighted by Gasteiger charge is 2.38. The van der Waals surface area contributed by atoms with E-state index >= 15 is 0 Å². The summed E-state index contributed by atoms with van der Waals surface area (Å²) < 4.78 is 26.1. The minimum absolute atomic E-state index is 0.0134. The number of nitrogens with zero attached hydrogens (tertiary/aromatic N) is 4. The first-order chi connectivity index (χ1) is 10.1. The minimum atomic E-state index is -3.22. The molecule has 0 radical (unpaired) electrons. The zero-order chi connectivity index (χ0) is 14.9. The van der Waals surface area contributed by atoms with Gasteiger partial charge in [-0.25, -0.2) is 13.4 Å². The number of likely N-dealkylation sites (tertiary alicyclic amines) is 1. The molecule has 2 atom stereocenters. The molecule has 2 aliphatic heterocycles. The van der Waals surface area contributed by atoms with Crippen molar-refractivity contribution in [1.29, 1.82) is 0 Å². The molecule has 8 heteroatoms. The van der Waals surface area contributed by atoms with Gasteiger partial charge >= 0.3 is 0 Å². The molecule has 2 aliphatic rings. The summed E-state index contributed by atoms with van der Waals surface area (Å²) in [5.74, 6) is 0.906. The number of hydrogen-bond donors (Lipinski definition) is 1. The molecule has 1 aromatic rings. The second-order valence-electron chi connectivity index (χ2n) is 6.05. The molecule has 21 heavy (non-hydrogen) atoms. The van der Waals surface area contributed by atoms with Gasteiger partial charge in [0, 0.05) is 12.5 Å². The SMILES string of the molecule is CS(=O)(=O)N1CC(c2ncn[nH]2)CCC1N1CCCCC1. The lowest BCUT2D eigenvalue weighted by Gasteiger charge is -2.44. The zero-order valence-electron chi connectivity index (χ0n) is 12.4. The van der Waals surface area contributed by atoms with Crippen LogP contribution >= 0.6 is 0 Å². The lowest BCUT2D eigenvalue weighted by atomic mass is 9.95. The van der Waals surface area contributed by atoms with E-state index in [9.17, 15) is 8.42 Å². The van der Waals surface area contributed by atoms with Crippen molar-refractivity contribution in [2.75, 3.05) is 25.9 Å². The van der Waals surface area contributed by atoms with Crippen LogP contribution in [0.2, 0.25) is 0 Å². The molecule has 118 valence electrons. The summed E-state index contributed by atoms with van der Waals surface area (Å²) in [5.41, 5.74) is 0. The van der Waals surface area contributed by atoms with Crippen molar-refractivity contribution in [1.82, 2.24) is 24.4 Å². The van der Waals surface area contributed by atoms with Crippen LogP contribution in [0.4, 0.5) is 0 Å². The zero-order valence-corrected chi connectivity index (χ0v) is 13.2. The monoisotopic (exact) mass is 313 g/mol. The van der Waals surface area contributed by atoms with Crippen LogP contribution < -0.4 is 0 Å². The molecule has 0 aliphatic carbocycles. The van der Waals surface area contributed by atoms with Gasteiger partial charge in [-0.15, -0.1) is 0 Å². The molecule has 0 spiro atoms. The van der Waals surface area contributed by atoms with Crippen LogP contribution in [0.1, 0.15) is 43.8 Å². The van der Waals surface area contributed by atoms with Gasteiger partial charge in [-0.1, -0.05) is 6.42 Å². The van der Waals surface area contributed by atoms with Crippen molar-refractivity contribution in [2.45, 2.75) is 44.2 Å². The fourth-order valence-corrected chi connectivity index (χ4v) is 4.63. The van der Waals surface area contributed by atoms with Gasteiger partial charge in [0.1, 0.15) is 12.2 Å². The summed E-state index contributed by atoms with van der Waals surface area (Å²) in [6, 6.07) is 0. The van der Waals surface area contributed by atoms with Crippen molar-refractivity contribution >= 4 is 10.0 Å². The van der Waals surface area contributed by atoms with E-state index in [1.807, 2.05) is 0 Å². The first kappa shape index (κ1) is 14.9. The van der Waals surface area contributed by atoms with E-state index in [-0.39, 0.29) is 12.1 Å². The fourth-order valence-electron chi connectivity index (χ4n) is 3.50. The summed E-state index contributed by atoms with van der Waals surface area (Å²) in [6.45, 7) is 2.50. The lowest BCUT2D eigenvalue weighted by molar-refractivity contribution is 0.0474. The van der Waals surface area contributed by atoms with Gasteiger partial charge in [-0.05, 0) is 38.8 Å². The Morgan fingerprint density at radius 1 is 1.24 bits per heavy atom. The van der Waals surface area contributed by atoms with Crippen molar-refractivity contribution in [3.63, 3.8) is 0 Å². The molecule has 0 aromatic carbocycles. The summed E-state index contributed by atoms with van der Waals surface area (Å²) in [7, 11) is -3.22. The Kier molecular flexibility index (Phi) is 4.28. The molecule has 0 bridgehead atoms. The maximum atomic E-state index is 12.2.